The summed E-state index contributed by atoms with van der Waals surface area (Å²) in [7, 11) is 0. The second kappa shape index (κ2) is 7.30. The first kappa shape index (κ1) is 16.2. The number of rotatable bonds is 4. The Labute approximate surface area is 146 Å². The Balaban J connectivity index is 1.80. The smallest absolute Gasteiger partial charge is 0.227 e. The van der Waals surface area contributed by atoms with Gasteiger partial charge in [-0.25, -0.2) is 4.98 Å². The molecule has 1 aromatic heterocycles. The summed E-state index contributed by atoms with van der Waals surface area (Å²) in [5.74, 6) is 1.68. The van der Waals surface area contributed by atoms with Crippen molar-refractivity contribution < 1.29 is 0 Å². The Morgan fingerprint density at radius 1 is 1.30 bits per heavy atom. The van der Waals surface area contributed by atoms with Crippen LogP contribution >= 0.6 is 15.9 Å². The van der Waals surface area contributed by atoms with Gasteiger partial charge in [-0.15, -0.1) is 0 Å². The molecule has 4 nitrogen and oxygen atoms in total. The fourth-order valence-electron chi connectivity index (χ4n) is 3.06. The molecule has 1 N–H and O–H groups in total. The molecule has 1 aromatic carbocycles. The van der Waals surface area contributed by atoms with E-state index in [1.807, 2.05) is 12.3 Å². The molecule has 2 heterocycles. The molecule has 1 fully saturated rings. The minimum Gasteiger partial charge on any atom is -0.340 e. The van der Waals surface area contributed by atoms with E-state index in [0.29, 0.717) is 6.04 Å². The van der Waals surface area contributed by atoms with Gasteiger partial charge in [-0.1, -0.05) is 28.9 Å². The van der Waals surface area contributed by atoms with Crippen LogP contribution in [0.4, 0.5) is 17.5 Å². The lowest BCUT2D eigenvalue weighted by Crippen LogP contribution is -2.40. The Hall–Kier alpha value is -1.62. The molecule has 1 aliphatic heterocycles. The van der Waals surface area contributed by atoms with Crippen LogP contribution in [0, 0.1) is 6.92 Å². The second-order valence-corrected chi connectivity index (χ2v) is 6.94. The zero-order valence-electron chi connectivity index (χ0n) is 13.7. The van der Waals surface area contributed by atoms with Crippen LogP contribution in [0.25, 0.3) is 0 Å². The lowest BCUT2D eigenvalue weighted by Gasteiger charge is -2.35. The first-order valence-corrected chi connectivity index (χ1v) is 9.09. The highest BCUT2D eigenvalue weighted by atomic mass is 79.9. The van der Waals surface area contributed by atoms with E-state index in [1.165, 1.54) is 24.8 Å². The van der Waals surface area contributed by atoms with Gasteiger partial charge in [-0.05, 0) is 56.4 Å². The number of hydrogen-bond acceptors (Lipinski definition) is 4. The maximum Gasteiger partial charge on any atom is 0.227 e. The lowest BCUT2D eigenvalue weighted by molar-refractivity contribution is 0.443. The number of halogens is 1. The van der Waals surface area contributed by atoms with Crippen LogP contribution < -0.4 is 10.2 Å². The van der Waals surface area contributed by atoms with E-state index in [2.05, 4.69) is 63.2 Å². The molecule has 0 spiro atoms. The molecular weight excluding hydrogens is 352 g/mol. The Morgan fingerprint density at radius 2 is 2.17 bits per heavy atom. The molecule has 3 rings (SSSR count). The molecule has 0 saturated carbocycles. The number of aromatic nitrogens is 2. The van der Waals surface area contributed by atoms with Crippen molar-refractivity contribution in [2.24, 2.45) is 0 Å². The SMILES string of the molecule is CCC1CCCCN1c1nccc(Nc2ccc(C)c(Br)c2)n1. The van der Waals surface area contributed by atoms with E-state index in [9.17, 15) is 0 Å². The van der Waals surface area contributed by atoms with Crippen molar-refractivity contribution in [3.63, 3.8) is 0 Å². The highest BCUT2D eigenvalue weighted by molar-refractivity contribution is 9.10. The van der Waals surface area contributed by atoms with Crippen molar-refractivity contribution in [2.45, 2.75) is 45.6 Å². The van der Waals surface area contributed by atoms with Crippen LogP contribution in [0.5, 0.6) is 0 Å². The van der Waals surface area contributed by atoms with E-state index >= 15 is 0 Å². The Kier molecular flexibility index (Phi) is 5.16. The predicted octanol–water partition coefficient (Wildman–Crippen LogP) is 5.06. The first-order chi connectivity index (χ1) is 11.2. The summed E-state index contributed by atoms with van der Waals surface area (Å²) in [6, 6.07) is 8.71. The summed E-state index contributed by atoms with van der Waals surface area (Å²) in [6.45, 7) is 5.38. The molecule has 0 amide bonds. The average molecular weight is 375 g/mol. The molecule has 1 unspecified atom stereocenters. The zero-order chi connectivity index (χ0) is 16.2. The van der Waals surface area contributed by atoms with Gasteiger partial charge in [0.25, 0.3) is 0 Å². The average Bonchev–Trinajstić information content (AvgIpc) is 2.58. The summed E-state index contributed by atoms with van der Waals surface area (Å²) >= 11 is 3.57. The molecule has 0 radical (unpaired) electrons. The van der Waals surface area contributed by atoms with Gasteiger partial charge in [0, 0.05) is 28.9 Å². The van der Waals surface area contributed by atoms with Crippen LogP contribution in [0.3, 0.4) is 0 Å². The standard InChI is InChI=1S/C18H23BrN4/c1-3-15-6-4-5-11-23(15)18-20-10-9-17(22-18)21-14-8-7-13(2)16(19)12-14/h7-10,12,15H,3-6,11H2,1-2H3,(H,20,21,22). The molecule has 0 aliphatic carbocycles. The van der Waals surface area contributed by atoms with Gasteiger partial charge in [-0.3, -0.25) is 0 Å². The lowest BCUT2D eigenvalue weighted by atomic mass is 10.0. The van der Waals surface area contributed by atoms with Gasteiger partial charge in [0.1, 0.15) is 5.82 Å². The molecule has 1 atom stereocenters. The number of hydrogen-bond donors (Lipinski definition) is 1. The minimum absolute atomic E-state index is 0.563. The van der Waals surface area contributed by atoms with Gasteiger partial charge in [0.05, 0.1) is 0 Å². The molecule has 1 aliphatic rings. The maximum absolute atomic E-state index is 4.73. The Bertz CT molecular complexity index is 674. The fraction of sp³-hybridized carbons (Fsp3) is 0.444. The van der Waals surface area contributed by atoms with E-state index < -0.39 is 0 Å². The van der Waals surface area contributed by atoms with Crippen LogP contribution in [0.1, 0.15) is 38.2 Å². The predicted molar refractivity (Wildman–Crippen MR) is 99.5 cm³/mol. The van der Waals surface area contributed by atoms with Gasteiger partial charge in [-0.2, -0.15) is 4.98 Å². The number of aryl methyl sites for hydroxylation is 1. The monoisotopic (exact) mass is 374 g/mol. The van der Waals surface area contributed by atoms with Crippen molar-refractivity contribution in [1.29, 1.82) is 0 Å². The van der Waals surface area contributed by atoms with E-state index in [-0.39, 0.29) is 0 Å². The van der Waals surface area contributed by atoms with Gasteiger partial charge < -0.3 is 10.2 Å². The summed E-state index contributed by atoms with van der Waals surface area (Å²) in [4.78, 5) is 11.6. The van der Waals surface area contributed by atoms with Gasteiger partial charge in [0.15, 0.2) is 0 Å². The maximum atomic E-state index is 4.73. The van der Waals surface area contributed by atoms with Crippen molar-refractivity contribution in [3.05, 3.63) is 40.5 Å². The Morgan fingerprint density at radius 3 is 2.96 bits per heavy atom. The third kappa shape index (κ3) is 3.83. The summed E-state index contributed by atoms with van der Waals surface area (Å²) in [5, 5.41) is 3.38. The summed E-state index contributed by atoms with van der Waals surface area (Å²) in [6.07, 6.45) is 6.76. The van der Waals surface area contributed by atoms with Gasteiger partial charge >= 0.3 is 0 Å². The quantitative estimate of drug-likeness (QED) is 0.811. The highest BCUT2D eigenvalue weighted by Crippen LogP contribution is 2.26. The minimum atomic E-state index is 0.563. The van der Waals surface area contributed by atoms with E-state index in [4.69, 9.17) is 4.98 Å². The van der Waals surface area contributed by atoms with Crippen LogP contribution in [0.2, 0.25) is 0 Å². The number of nitrogens with zero attached hydrogens (tertiary/aromatic N) is 3. The molecule has 2 aromatic rings. The van der Waals surface area contributed by atoms with Crippen molar-refractivity contribution in [1.82, 2.24) is 9.97 Å². The number of piperidine rings is 1. The molecular formula is C18H23BrN4. The molecule has 0 bridgehead atoms. The van der Waals surface area contributed by atoms with Crippen molar-refractivity contribution in [2.75, 3.05) is 16.8 Å². The molecule has 1 saturated heterocycles. The first-order valence-electron chi connectivity index (χ1n) is 8.30. The molecule has 23 heavy (non-hydrogen) atoms. The third-order valence-electron chi connectivity index (χ3n) is 4.44. The van der Waals surface area contributed by atoms with Crippen LogP contribution in [0.15, 0.2) is 34.9 Å². The fourth-order valence-corrected chi connectivity index (χ4v) is 3.44. The molecule has 5 heteroatoms. The highest BCUT2D eigenvalue weighted by Gasteiger charge is 2.23. The number of benzene rings is 1. The van der Waals surface area contributed by atoms with Crippen LogP contribution in [-0.4, -0.2) is 22.6 Å². The van der Waals surface area contributed by atoms with Crippen LogP contribution in [-0.2, 0) is 0 Å². The second-order valence-electron chi connectivity index (χ2n) is 6.08. The van der Waals surface area contributed by atoms with E-state index in [0.717, 1.165) is 34.9 Å². The molecule has 122 valence electrons. The van der Waals surface area contributed by atoms with Crippen molar-refractivity contribution in [3.8, 4) is 0 Å². The topological polar surface area (TPSA) is 41.1 Å². The normalized spacial score (nSPS) is 18.0. The third-order valence-corrected chi connectivity index (χ3v) is 5.30. The summed E-state index contributed by atoms with van der Waals surface area (Å²) < 4.78 is 1.10. The van der Waals surface area contributed by atoms with Crippen molar-refractivity contribution >= 4 is 33.4 Å². The largest absolute Gasteiger partial charge is 0.340 e. The summed E-state index contributed by atoms with van der Waals surface area (Å²) in [5.41, 5.74) is 2.25. The van der Waals surface area contributed by atoms with E-state index in [1.54, 1.807) is 0 Å². The van der Waals surface area contributed by atoms with Gasteiger partial charge in [0.2, 0.25) is 5.95 Å². The zero-order valence-corrected chi connectivity index (χ0v) is 15.3. The number of anilines is 3. The number of nitrogens with one attached hydrogen (secondary N) is 1.